The highest BCUT2D eigenvalue weighted by Gasteiger charge is 2.21. The number of aromatic nitrogens is 3. The van der Waals surface area contributed by atoms with E-state index < -0.39 is 0 Å². The second-order valence-electron chi connectivity index (χ2n) is 8.39. The van der Waals surface area contributed by atoms with Gasteiger partial charge in [0.15, 0.2) is 0 Å². The first-order chi connectivity index (χ1) is 17.4. The molecule has 0 radical (unpaired) electrons. The van der Waals surface area contributed by atoms with Crippen LogP contribution in [0.1, 0.15) is 5.69 Å². The summed E-state index contributed by atoms with van der Waals surface area (Å²) in [4.78, 5) is 20.4. The molecule has 7 heteroatoms. The number of fused-ring (bicyclic) bond motifs is 1. The number of aryl methyl sites for hydroxylation is 2. The van der Waals surface area contributed by atoms with E-state index in [-0.39, 0.29) is 5.91 Å². The summed E-state index contributed by atoms with van der Waals surface area (Å²) in [6.07, 6.45) is 2.96. The Labute approximate surface area is 208 Å². The zero-order valence-corrected chi connectivity index (χ0v) is 20.0. The third-order valence-electron chi connectivity index (χ3n) is 5.98. The number of ether oxygens (including phenoxy) is 1. The number of rotatable bonds is 6. The summed E-state index contributed by atoms with van der Waals surface area (Å²) in [5.41, 5.74) is 12.8. The molecular formula is C29H25N5O2. The van der Waals surface area contributed by atoms with Crippen molar-refractivity contribution in [1.29, 1.82) is 0 Å². The van der Waals surface area contributed by atoms with Gasteiger partial charge in [-0.3, -0.25) is 4.79 Å². The Hall–Kier alpha value is -4.91. The van der Waals surface area contributed by atoms with E-state index in [9.17, 15) is 4.79 Å². The zero-order valence-electron chi connectivity index (χ0n) is 20.0. The molecule has 0 spiro atoms. The van der Waals surface area contributed by atoms with Crippen molar-refractivity contribution in [3.05, 3.63) is 97.3 Å². The molecule has 7 nitrogen and oxygen atoms in total. The lowest BCUT2D eigenvalue weighted by Gasteiger charge is -2.11. The number of nitrogen functional groups attached to an aromatic ring is 1. The van der Waals surface area contributed by atoms with Crippen molar-refractivity contribution in [3.8, 4) is 34.0 Å². The van der Waals surface area contributed by atoms with E-state index in [4.69, 9.17) is 10.5 Å². The number of anilines is 2. The number of carbonyl (C=O) groups is 1. The number of nitrogens with zero attached hydrogens (tertiary/aromatic N) is 3. The normalized spacial score (nSPS) is 10.8. The minimum Gasteiger partial charge on any atom is -0.439 e. The average molecular weight is 476 g/mol. The van der Waals surface area contributed by atoms with Crippen molar-refractivity contribution in [1.82, 2.24) is 14.5 Å². The monoisotopic (exact) mass is 475 g/mol. The van der Waals surface area contributed by atoms with E-state index >= 15 is 0 Å². The van der Waals surface area contributed by atoms with Crippen molar-refractivity contribution >= 4 is 28.3 Å². The molecule has 0 saturated carbocycles. The van der Waals surface area contributed by atoms with E-state index in [0.717, 1.165) is 39.0 Å². The van der Waals surface area contributed by atoms with Crippen LogP contribution in [0.4, 0.5) is 11.5 Å². The molecule has 0 fully saturated rings. The van der Waals surface area contributed by atoms with E-state index in [1.54, 1.807) is 6.20 Å². The maximum absolute atomic E-state index is 11.7. The third-order valence-corrected chi connectivity index (χ3v) is 5.98. The standard InChI is InChI=1S/C29H25N5O2/c1-4-24(35)33-21-12-8-20(9-13-21)28-26(27-23(34(28)3)16-17-31-29(27)30)19-10-14-22(15-11-19)36-25-7-5-6-18(2)32-25/h4-17H,1H2,2-3H3,(H2,30,31)(H,33,35). The number of amides is 1. The van der Waals surface area contributed by atoms with Gasteiger partial charge in [0.05, 0.1) is 16.6 Å². The van der Waals surface area contributed by atoms with Gasteiger partial charge in [-0.25, -0.2) is 9.97 Å². The van der Waals surface area contributed by atoms with E-state index in [0.29, 0.717) is 23.1 Å². The number of hydrogen-bond donors (Lipinski definition) is 2. The molecule has 0 aliphatic rings. The van der Waals surface area contributed by atoms with Gasteiger partial charge in [0.25, 0.3) is 0 Å². The number of benzene rings is 2. The average Bonchev–Trinajstić information content (AvgIpc) is 3.18. The number of hydrogen-bond acceptors (Lipinski definition) is 5. The van der Waals surface area contributed by atoms with Crippen molar-refractivity contribution in [2.45, 2.75) is 6.92 Å². The first-order valence-electron chi connectivity index (χ1n) is 11.4. The summed E-state index contributed by atoms with van der Waals surface area (Å²) in [7, 11) is 2.01. The quantitative estimate of drug-likeness (QED) is 0.289. The van der Waals surface area contributed by atoms with Crippen LogP contribution in [0.3, 0.4) is 0 Å². The van der Waals surface area contributed by atoms with Crippen molar-refractivity contribution in [2.24, 2.45) is 7.05 Å². The lowest BCUT2D eigenvalue weighted by atomic mass is 9.98. The molecule has 3 N–H and O–H groups in total. The summed E-state index contributed by atoms with van der Waals surface area (Å²) in [5.74, 6) is 1.44. The Morgan fingerprint density at radius 3 is 2.44 bits per heavy atom. The van der Waals surface area contributed by atoms with E-state index in [2.05, 4.69) is 26.4 Å². The topological polar surface area (TPSA) is 95.1 Å². The predicted octanol–water partition coefficient (Wildman–Crippen LogP) is 6.11. The maximum atomic E-state index is 11.7. The Balaban J connectivity index is 1.59. The summed E-state index contributed by atoms with van der Waals surface area (Å²) in [5, 5.41) is 3.67. The number of pyridine rings is 2. The highest BCUT2D eigenvalue weighted by Crippen LogP contribution is 2.42. The third kappa shape index (κ3) is 4.30. The molecule has 0 saturated heterocycles. The predicted molar refractivity (Wildman–Crippen MR) is 144 cm³/mol. The fourth-order valence-electron chi connectivity index (χ4n) is 4.32. The minimum atomic E-state index is -0.255. The fourth-order valence-corrected chi connectivity index (χ4v) is 4.32. The number of carbonyl (C=O) groups excluding carboxylic acids is 1. The lowest BCUT2D eigenvalue weighted by molar-refractivity contribution is -0.111. The van der Waals surface area contributed by atoms with Gasteiger partial charge in [-0.15, -0.1) is 0 Å². The molecule has 5 aromatic rings. The van der Waals surface area contributed by atoms with Crippen LogP contribution in [0.5, 0.6) is 11.6 Å². The van der Waals surface area contributed by atoms with Crippen molar-refractivity contribution < 1.29 is 9.53 Å². The van der Waals surface area contributed by atoms with Gasteiger partial charge < -0.3 is 20.4 Å². The second kappa shape index (κ2) is 9.38. The number of nitrogens with two attached hydrogens (primary N) is 1. The Morgan fingerprint density at radius 2 is 1.75 bits per heavy atom. The second-order valence-corrected chi connectivity index (χ2v) is 8.39. The van der Waals surface area contributed by atoms with Crippen LogP contribution >= 0.6 is 0 Å². The zero-order chi connectivity index (χ0) is 25.2. The molecule has 0 unspecified atom stereocenters. The maximum Gasteiger partial charge on any atom is 0.247 e. The minimum absolute atomic E-state index is 0.255. The van der Waals surface area contributed by atoms with E-state index in [1.807, 2.05) is 86.8 Å². The molecule has 3 heterocycles. The molecule has 0 aliphatic heterocycles. The van der Waals surface area contributed by atoms with Crippen LogP contribution in [0, 0.1) is 6.92 Å². The Morgan fingerprint density at radius 1 is 1.03 bits per heavy atom. The smallest absolute Gasteiger partial charge is 0.247 e. The van der Waals surface area contributed by atoms with E-state index in [1.165, 1.54) is 6.08 Å². The first kappa shape index (κ1) is 22.9. The Bertz CT molecular complexity index is 1590. The fraction of sp³-hybridized carbons (Fsp3) is 0.0690. The highest BCUT2D eigenvalue weighted by molar-refractivity contribution is 6.09. The molecule has 1 amide bonds. The summed E-state index contributed by atoms with van der Waals surface area (Å²) < 4.78 is 8.05. The van der Waals surface area contributed by atoms with Gasteiger partial charge in [0, 0.05) is 36.3 Å². The highest BCUT2D eigenvalue weighted by atomic mass is 16.5. The molecule has 0 bridgehead atoms. The summed E-state index contributed by atoms with van der Waals surface area (Å²) in [6, 6.07) is 23.2. The largest absolute Gasteiger partial charge is 0.439 e. The van der Waals surface area contributed by atoms with Crippen LogP contribution in [0.25, 0.3) is 33.3 Å². The molecule has 2 aromatic carbocycles. The lowest BCUT2D eigenvalue weighted by Crippen LogP contribution is -2.06. The summed E-state index contributed by atoms with van der Waals surface area (Å²) in [6.45, 7) is 5.43. The van der Waals surface area contributed by atoms with Crippen LogP contribution in [-0.4, -0.2) is 20.4 Å². The SMILES string of the molecule is C=CC(=O)Nc1ccc(-c2c(-c3ccc(Oc4cccc(C)n4)cc3)c3c(N)nccc3n2C)cc1. The first-order valence-corrected chi connectivity index (χ1v) is 11.4. The molecule has 5 rings (SSSR count). The van der Waals surface area contributed by atoms with Crippen LogP contribution in [-0.2, 0) is 11.8 Å². The van der Waals surface area contributed by atoms with Gasteiger partial charge in [-0.2, -0.15) is 0 Å². The van der Waals surface area contributed by atoms with Crippen molar-refractivity contribution in [2.75, 3.05) is 11.1 Å². The van der Waals surface area contributed by atoms with Gasteiger partial charge in [-0.1, -0.05) is 36.9 Å². The molecule has 36 heavy (non-hydrogen) atoms. The van der Waals surface area contributed by atoms with Crippen molar-refractivity contribution in [3.63, 3.8) is 0 Å². The van der Waals surface area contributed by atoms with Crippen LogP contribution < -0.4 is 15.8 Å². The number of nitrogens with one attached hydrogen (secondary N) is 1. The van der Waals surface area contributed by atoms with Gasteiger partial charge in [0.2, 0.25) is 11.8 Å². The van der Waals surface area contributed by atoms with Gasteiger partial charge in [0.1, 0.15) is 11.6 Å². The van der Waals surface area contributed by atoms with Gasteiger partial charge >= 0.3 is 0 Å². The summed E-state index contributed by atoms with van der Waals surface area (Å²) >= 11 is 0. The van der Waals surface area contributed by atoms with Crippen LogP contribution in [0.2, 0.25) is 0 Å². The molecular weight excluding hydrogens is 450 g/mol. The molecule has 3 aromatic heterocycles. The Kier molecular flexibility index (Phi) is 5.96. The molecule has 178 valence electrons. The van der Waals surface area contributed by atoms with Gasteiger partial charge in [-0.05, 0) is 60.5 Å². The van der Waals surface area contributed by atoms with Crippen LogP contribution in [0.15, 0.2) is 91.6 Å². The molecule has 0 atom stereocenters. The molecule has 0 aliphatic carbocycles.